The van der Waals surface area contributed by atoms with Crippen LogP contribution in [0.4, 0.5) is 5.69 Å². The number of benzene rings is 1. The van der Waals surface area contributed by atoms with E-state index in [0.717, 1.165) is 29.1 Å². The molecule has 0 radical (unpaired) electrons. The van der Waals surface area contributed by atoms with Crippen molar-refractivity contribution in [2.24, 2.45) is 0 Å². The van der Waals surface area contributed by atoms with Crippen molar-refractivity contribution < 1.29 is 4.79 Å². The van der Waals surface area contributed by atoms with Gasteiger partial charge in [0.25, 0.3) is 0 Å². The summed E-state index contributed by atoms with van der Waals surface area (Å²) in [6.45, 7) is 9.17. The number of rotatable bonds is 4. The zero-order valence-electron chi connectivity index (χ0n) is 15.0. The highest BCUT2D eigenvalue weighted by Crippen LogP contribution is 2.25. The molecule has 5 nitrogen and oxygen atoms in total. The van der Waals surface area contributed by atoms with E-state index in [4.69, 9.17) is 4.98 Å². The summed E-state index contributed by atoms with van der Waals surface area (Å²) in [4.78, 5) is 18.7. The van der Waals surface area contributed by atoms with Crippen LogP contribution in [0, 0.1) is 0 Å². The van der Waals surface area contributed by atoms with E-state index in [1.54, 1.807) is 0 Å². The molecule has 130 valence electrons. The van der Waals surface area contributed by atoms with E-state index in [9.17, 15) is 4.79 Å². The number of nitrogens with zero attached hydrogens (tertiary/aromatic N) is 3. The number of hydrogen-bond donors (Lipinski definition) is 1. The molecule has 3 rings (SSSR count). The Hall–Kier alpha value is -1.88. The van der Waals surface area contributed by atoms with Gasteiger partial charge in [-0.15, -0.1) is 0 Å². The molecule has 1 fully saturated rings. The molecule has 1 aliphatic rings. The van der Waals surface area contributed by atoms with Crippen molar-refractivity contribution in [3.63, 3.8) is 0 Å². The molecule has 24 heavy (non-hydrogen) atoms. The van der Waals surface area contributed by atoms with Crippen molar-refractivity contribution in [3.05, 3.63) is 24.0 Å². The zero-order chi connectivity index (χ0) is 17.1. The van der Waals surface area contributed by atoms with E-state index in [2.05, 4.69) is 34.7 Å². The summed E-state index contributed by atoms with van der Waals surface area (Å²) >= 11 is 0. The predicted octanol–water partition coefficient (Wildman–Crippen LogP) is 3.95. The molecule has 2 heterocycles. The molecule has 0 unspecified atom stereocenters. The Morgan fingerprint density at radius 3 is 2.54 bits per heavy atom. The van der Waals surface area contributed by atoms with Gasteiger partial charge < -0.3 is 9.88 Å². The number of aromatic nitrogens is 2. The maximum Gasteiger partial charge on any atom is 0.221 e. The Morgan fingerprint density at radius 1 is 1.21 bits per heavy atom. The van der Waals surface area contributed by atoms with Crippen molar-refractivity contribution >= 4 is 22.6 Å². The van der Waals surface area contributed by atoms with E-state index in [1.807, 2.05) is 12.1 Å². The topological polar surface area (TPSA) is 50.2 Å². The van der Waals surface area contributed by atoms with Crippen LogP contribution in [0.2, 0.25) is 0 Å². The summed E-state index contributed by atoms with van der Waals surface area (Å²) in [5.74, 6) is 1.07. The maximum absolute atomic E-state index is 11.3. The van der Waals surface area contributed by atoms with Gasteiger partial charge in [0.2, 0.25) is 5.91 Å². The largest absolute Gasteiger partial charge is 0.326 e. The van der Waals surface area contributed by atoms with Crippen LogP contribution >= 0.6 is 0 Å². The molecule has 0 bridgehead atoms. The lowest BCUT2D eigenvalue weighted by atomic mass is 10.2. The second-order valence-corrected chi connectivity index (χ2v) is 7.07. The summed E-state index contributed by atoms with van der Waals surface area (Å²) < 4.78 is 2.33. The standard InChI is InChI=1S/C19H28N4O/c1-14(2)23-18-9-8-16(20-15(3)24)12-17(18)21-19(23)13-22-10-6-4-5-7-11-22/h8-9,12,14H,4-7,10-11,13H2,1-3H3,(H,20,24). The number of fused-ring (bicyclic) bond motifs is 1. The lowest BCUT2D eigenvalue weighted by Gasteiger charge is -2.21. The van der Waals surface area contributed by atoms with Crippen LogP contribution in [0.15, 0.2) is 18.2 Å². The Kier molecular flexibility index (Phi) is 5.19. The molecular weight excluding hydrogens is 300 g/mol. The van der Waals surface area contributed by atoms with E-state index < -0.39 is 0 Å². The average molecular weight is 328 g/mol. The summed E-state index contributed by atoms with van der Waals surface area (Å²) in [6, 6.07) is 6.37. The second-order valence-electron chi connectivity index (χ2n) is 7.07. The van der Waals surface area contributed by atoms with Crippen molar-refractivity contribution in [2.45, 2.75) is 59.0 Å². The van der Waals surface area contributed by atoms with Crippen LogP contribution in [0.25, 0.3) is 11.0 Å². The first-order chi connectivity index (χ1) is 11.5. The molecule has 0 saturated carbocycles. The molecule has 0 aliphatic carbocycles. The zero-order valence-corrected chi connectivity index (χ0v) is 15.0. The number of amides is 1. The summed E-state index contributed by atoms with van der Waals surface area (Å²) in [5.41, 5.74) is 2.91. The van der Waals surface area contributed by atoms with Crippen molar-refractivity contribution in [3.8, 4) is 0 Å². The number of carbonyl (C=O) groups is 1. The molecule has 0 atom stereocenters. The summed E-state index contributed by atoms with van der Waals surface area (Å²) in [6.07, 6.45) is 5.26. The van der Waals surface area contributed by atoms with E-state index in [1.165, 1.54) is 45.7 Å². The van der Waals surface area contributed by atoms with Crippen molar-refractivity contribution in [1.82, 2.24) is 14.5 Å². The molecule has 1 saturated heterocycles. The minimum Gasteiger partial charge on any atom is -0.326 e. The first kappa shape index (κ1) is 17.0. The number of carbonyl (C=O) groups excluding carboxylic acids is 1. The molecule has 1 aromatic heterocycles. The lowest BCUT2D eigenvalue weighted by molar-refractivity contribution is -0.114. The third-order valence-electron chi connectivity index (χ3n) is 4.66. The fourth-order valence-electron chi connectivity index (χ4n) is 3.61. The van der Waals surface area contributed by atoms with Crippen LogP contribution in [0.3, 0.4) is 0 Å². The van der Waals surface area contributed by atoms with Gasteiger partial charge in [-0.05, 0) is 58.0 Å². The number of likely N-dealkylation sites (tertiary alicyclic amines) is 1. The van der Waals surface area contributed by atoms with Gasteiger partial charge in [-0.2, -0.15) is 0 Å². The Bertz CT molecular complexity index is 711. The molecule has 0 spiro atoms. The van der Waals surface area contributed by atoms with Gasteiger partial charge in [-0.25, -0.2) is 4.98 Å². The summed E-state index contributed by atoms with van der Waals surface area (Å²) in [5, 5.41) is 2.85. The highest BCUT2D eigenvalue weighted by molar-refractivity contribution is 5.91. The molecule has 1 amide bonds. The Labute approximate surface area is 144 Å². The Balaban J connectivity index is 1.93. The SMILES string of the molecule is CC(=O)Nc1ccc2c(c1)nc(CN1CCCCCC1)n2C(C)C. The van der Waals surface area contributed by atoms with Gasteiger partial charge >= 0.3 is 0 Å². The quantitative estimate of drug-likeness (QED) is 0.924. The van der Waals surface area contributed by atoms with Crippen LogP contribution in [0.1, 0.15) is 58.3 Å². The fourth-order valence-corrected chi connectivity index (χ4v) is 3.61. The number of hydrogen-bond acceptors (Lipinski definition) is 3. The van der Waals surface area contributed by atoms with Crippen LogP contribution < -0.4 is 5.32 Å². The molecule has 5 heteroatoms. The van der Waals surface area contributed by atoms with Gasteiger partial charge in [0.15, 0.2) is 0 Å². The first-order valence-electron chi connectivity index (χ1n) is 9.05. The predicted molar refractivity (Wildman–Crippen MR) is 98.2 cm³/mol. The maximum atomic E-state index is 11.3. The van der Waals surface area contributed by atoms with Gasteiger partial charge in [0, 0.05) is 18.7 Å². The highest BCUT2D eigenvalue weighted by Gasteiger charge is 2.17. The monoisotopic (exact) mass is 328 g/mol. The minimum atomic E-state index is -0.0533. The van der Waals surface area contributed by atoms with Gasteiger partial charge in [0.05, 0.1) is 17.6 Å². The molecule has 1 aliphatic heterocycles. The van der Waals surface area contributed by atoms with Gasteiger partial charge in [0.1, 0.15) is 5.82 Å². The van der Waals surface area contributed by atoms with Crippen molar-refractivity contribution in [1.29, 1.82) is 0 Å². The van der Waals surface area contributed by atoms with Crippen LogP contribution in [0.5, 0.6) is 0 Å². The van der Waals surface area contributed by atoms with E-state index >= 15 is 0 Å². The van der Waals surface area contributed by atoms with Gasteiger partial charge in [-0.3, -0.25) is 9.69 Å². The van der Waals surface area contributed by atoms with E-state index in [-0.39, 0.29) is 5.91 Å². The van der Waals surface area contributed by atoms with Crippen LogP contribution in [-0.4, -0.2) is 33.4 Å². The summed E-state index contributed by atoms with van der Waals surface area (Å²) in [7, 11) is 0. The van der Waals surface area contributed by atoms with Crippen molar-refractivity contribution in [2.75, 3.05) is 18.4 Å². The molecule has 1 aromatic carbocycles. The lowest BCUT2D eigenvalue weighted by Crippen LogP contribution is -2.26. The normalized spacial score (nSPS) is 16.5. The number of imidazole rings is 1. The second kappa shape index (κ2) is 7.34. The number of anilines is 1. The first-order valence-corrected chi connectivity index (χ1v) is 9.05. The number of nitrogens with one attached hydrogen (secondary N) is 1. The van der Waals surface area contributed by atoms with E-state index in [0.29, 0.717) is 6.04 Å². The molecule has 2 aromatic rings. The average Bonchev–Trinajstić information content (AvgIpc) is 2.67. The molecule has 1 N–H and O–H groups in total. The van der Waals surface area contributed by atoms with Crippen LogP contribution in [-0.2, 0) is 11.3 Å². The smallest absolute Gasteiger partial charge is 0.221 e. The fraction of sp³-hybridized carbons (Fsp3) is 0.579. The minimum absolute atomic E-state index is 0.0533. The van der Waals surface area contributed by atoms with Gasteiger partial charge in [-0.1, -0.05) is 12.8 Å². The Morgan fingerprint density at radius 2 is 1.92 bits per heavy atom. The third kappa shape index (κ3) is 3.78. The third-order valence-corrected chi connectivity index (χ3v) is 4.66. The highest BCUT2D eigenvalue weighted by atomic mass is 16.1. The molecular formula is C19H28N4O.